The fourth-order valence-electron chi connectivity index (χ4n) is 2.63. The van der Waals surface area contributed by atoms with E-state index in [1.54, 1.807) is 12.1 Å². The van der Waals surface area contributed by atoms with E-state index in [0.29, 0.717) is 16.9 Å². The zero-order valence-corrected chi connectivity index (χ0v) is 13.5. The zero-order valence-electron chi connectivity index (χ0n) is 12.7. The van der Waals surface area contributed by atoms with Gasteiger partial charge in [-0.1, -0.05) is 12.1 Å². The van der Waals surface area contributed by atoms with Gasteiger partial charge >= 0.3 is 0 Å². The molecular weight excluding hydrogens is 284 g/mol. The Morgan fingerprint density at radius 3 is 2.24 bits per heavy atom. The van der Waals surface area contributed by atoms with E-state index in [0.717, 1.165) is 24.9 Å². The quantitative estimate of drug-likeness (QED) is 0.813. The molecule has 0 saturated heterocycles. The molecule has 0 spiro atoms. The molecule has 1 aromatic carbocycles. The van der Waals surface area contributed by atoms with Gasteiger partial charge in [-0.05, 0) is 63.1 Å². The van der Waals surface area contributed by atoms with Crippen molar-refractivity contribution in [2.24, 2.45) is 5.92 Å². The lowest BCUT2D eigenvalue weighted by atomic mass is 10.0. The van der Waals surface area contributed by atoms with Crippen molar-refractivity contribution in [3.05, 3.63) is 29.8 Å². The van der Waals surface area contributed by atoms with Crippen LogP contribution in [0, 0.1) is 5.92 Å². The van der Waals surface area contributed by atoms with Crippen molar-refractivity contribution in [2.75, 3.05) is 0 Å². The van der Waals surface area contributed by atoms with Crippen molar-refractivity contribution < 1.29 is 8.42 Å². The van der Waals surface area contributed by atoms with Crippen LogP contribution in [-0.4, -0.2) is 20.0 Å². The summed E-state index contributed by atoms with van der Waals surface area (Å²) < 4.78 is 27.7. The number of nitrogens with one attached hydrogen (secondary N) is 2. The summed E-state index contributed by atoms with van der Waals surface area (Å²) >= 11 is 0. The largest absolute Gasteiger partial charge is 0.310 e. The minimum absolute atomic E-state index is 0.353. The molecule has 3 rings (SSSR count). The first-order valence-corrected chi connectivity index (χ1v) is 9.21. The first kappa shape index (κ1) is 15.0. The first-order chi connectivity index (χ1) is 9.87. The summed E-state index contributed by atoms with van der Waals surface area (Å²) in [6.45, 7) is 4.75. The first-order valence-electron chi connectivity index (χ1n) is 7.73. The van der Waals surface area contributed by atoms with Crippen LogP contribution in [0.4, 0.5) is 0 Å². The minimum Gasteiger partial charge on any atom is -0.310 e. The smallest absolute Gasteiger partial charge is 0.241 e. The van der Waals surface area contributed by atoms with Crippen LogP contribution in [0.5, 0.6) is 0 Å². The molecule has 2 fully saturated rings. The summed E-state index contributed by atoms with van der Waals surface area (Å²) in [5.41, 5.74) is 0.771. The van der Waals surface area contributed by atoms with Crippen molar-refractivity contribution in [2.45, 2.75) is 62.6 Å². The normalized spacial score (nSPS) is 19.7. The number of sulfonamides is 1. The third-order valence-electron chi connectivity index (χ3n) is 4.40. The van der Waals surface area contributed by atoms with E-state index in [9.17, 15) is 8.42 Å². The van der Waals surface area contributed by atoms with Gasteiger partial charge in [-0.25, -0.2) is 13.1 Å². The van der Waals surface area contributed by atoms with E-state index >= 15 is 0 Å². The Morgan fingerprint density at radius 1 is 1.10 bits per heavy atom. The number of hydrogen-bond donors (Lipinski definition) is 2. The number of rotatable bonds is 7. The summed E-state index contributed by atoms with van der Waals surface area (Å²) in [5, 5.41) is 3.43. The van der Waals surface area contributed by atoms with Crippen LogP contribution in [0.3, 0.4) is 0 Å². The molecule has 0 aliphatic heterocycles. The molecule has 0 atom stereocenters. The highest BCUT2D eigenvalue weighted by atomic mass is 32.2. The lowest BCUT2D eigenvalue weighted by molar-refractivity contribution is 0.400. The number of benzene rings is 1. The fourth-order valence-corrected chi connectivity index (χ4v) is 4.10. The molecule has 0 aromatic heterocycles. The molecule has 5 heteroatoms. The monoisotopic (exact) mass is 308 g/mol. The van der Waals surface area contributed by atoms with Crippen LogP contribution in [0.1, 0.15) is 45.1 Å². The Labute approximate surface area is 127 Å². The van der Waals surface area contributed by atoms with Crippen LogP contribution in [0.2, 0.25) is 0 Å². The van der Waals surface area contributed by atoms with E-state index in [1.807, 2.05) is 26.0 Å². The highest BCUT2D eigenvalue weighted by molar-refractivity contribution is 7.89. The average Bonchev–Trinajstić information content (AvgIpc) is 3.28. The summed E-state index contributed by atoms with van der Waals surface area (Å²) in [6.07, 6.45) is 4.74. The Hall–Kier alpha value is -0.910. The van der Waals surface area contributed by atoms with E-state index in [-0.39, 0.29) is 5.54 Å². The zero-order chi connectivity index (χ0) is 15.1. The van der Waals surface area contributed by atoms with Gasteiger partial charge in [-0.2, -0.15) is 0 Å². The Morgan fingerprint density at radius 2 is 1.71 bits per heavy atom. The van der Waals surface area contributed by atoms with Gasteiger partial charge in [0.25, 0.3) is 0 Å². The predicted octanol–water partition coefficient (Wildman–Crippen LogP) is 2.41. The number of hydrogen-bond acceptors (Lipinski definition) is 3. The molecule has 0 heterocycles. The molecule has 0 amide bonds. The maximum absolute atomic E-state index is 12.4. The van der Waals surface area contributed by atoms with Gasteiger partial charge < -0.3 is 5.32 Å². The predicted molar refractivity (Wildman–Crippen MR) is 83.4 cm³/mol. The van der Waals surface area contributed by atoms with Crippen LogP contribution >= 0.6 is 0 Å². The SMILES string of the molecule is CC(C)(NS(=O)(=O)c1ccc(CNC2CC2)cc1)C1CC1. The standard InChI is InChI=1S/C16H24N2O2S/c1-16(2,13-5-6-13)18-21(19,20)15-9-3-12(4-10-15)11-17-14-7-8-14/h3-4,9-10,13-14,17-18H,5-8,11H2,1-2H3. The van der Waals surface area contributed by atoms with E-state index in [2.05, 4.69) is 10.0 Å². The Kier molecular flexibility index (Phi) is 3.84. The Bertz CT molecular complexity index is 600. The molecule has 1 aromatic rings. The van der Waals surface area contributed by atoms with Gasteiger partial charge in [-0.15, -0.1) is 0 Å². The lowest BCUT2D eigenvalue weighted by Crippen LogP contribution is -2.45. The second kappa shape index (κ2) is 5.38. The third kappa shape index (κ3) is 3.84. The maximum atomic E-state index is 12.4. The van der Waals surface area contributed by atoms with Crippen molar-refractivity contribution in [3.8, 4) is 0 Å². The van der Waals surface area contributed by atoms with Crippen LogP contribution in [-0.2, 0) is 16.6 Å². The topological polar surface area (TPSA) is 58.2 Å². The maximum Gasteiger partial charge on any atom is 0.241 e. The van der Waals surface area contributed by atoms with E-state index in [1.165, 1.54) is 12.8 Å². The highest BCUT2D eigenvalue weighted by Crippen LogP contribution is 2.39. The molecule has 2 aliphatic rings. The molecule has 0 bridgehead atoms. The summed E-state index contributed by atoms with van der Waals surface area (Å²) in [5.74, 6) is 0.467. The second-order valence-electron chi connectivity index (χ2n) is 6.90. The molecule has 0 unspecified atom stereocenters. The molecule has 21 heavy (non-hydrogen) atoms. The van der Waals surface area contributed by atoms with Gasteiger partial charge in [0.15, 0.2) is 0 Å². The van der Waals surface area contributed by atoms with E-state index in [4.69, 9.17) is 0 Å². The van der Waals surface area contributed by atoms with Crippen molar-refractivity contribution in [1.82, 2.24) is 10.0 Å². The minimum atomic E-state index is -3.43. The second-order valence-corrected chi connectivity index (χ2v) is 8.58. The molecule has 4 nitrogen and oxygen atoms in total. The van der Waals surface area contributed by atoms with Gasteiger partial charge in [0, 0.05) is 18.1 Å². The summed E-state index contributed by atoms with van der Waals surface area (Å²) in [7, 11) is -3.43. The third-order valence-corrected chi connectivity index (χ3v) is 6.09. The fraction of sp³-hybridized carbons (Fsp3) is 0.625. The molecular formula is C16H24N2O2S. The van der Waals surface area contributed by atoms with Crippen molar-refractivity contribution in [3.63, 3.8) is 0 Å². The molecule has 2 saturated carbocycles. The van der Waals surface area contributed by atoms with Crippen molar-refractivity contribution >= 4 is 10.0 Å². The van der Waals surface area contributed by atoms with Gasteiger partial charge in [0.1, 0.15) is 0 Å². The Balaban J connectivity index is 1.66. The molecule has 0 radical (unpaired) electrons. The highest BCUT2D eigenvalue weighted by Gasteiger charge is 2.40. The van der Waals surface area contributed by atoms with Crippen LogP contribution < -0.4 is 10.0 Å². The molecule has 2 aliphatic carbocycles. The van der Waals surface area contributed by atoms with E-state index < -0.39 is 10.0 Å². The van der Waals surface area contributed by atoms with Gasteiger partial charge in [-0.3, -0.25) is 0 Å². The van der Waals surface area contributed by atoms with Crippen LogP contribution in [0.25, 0.3) is 0 Å². The van der Waals surface area contributed by atoms with Gasteiger partial charge in [0.05, 0.1) is 4.90 Å². The average molecular weight is 308 g/mol. The summed E-state index contributed by atoms with van der Waals surface area (Å²) in [6, 6.07) is 7.86. The lowest BCUT2D eigenvalue weighted by Gasteiger charge is -2.25. The van der Waals surface area contributed by atoms with Crippen LogP contribution in [0.15, 0.2) is 29.2 Å². The molecule has 116 valence electrons. The van der Waals surface area contributed by atoms with Gasteiger partial charge in [0.2, 0.25) is 10.0 Å². The summed E-state index contributed by atoms with van der Waals surface area (Å²) in [4.78, 5) is 0.353. The van der Waals surface area contributed by atoms with Crippen molar-refractivity contribution in [1.29, 1.82) is 0 Å². The molecule has 2 N–H and O–H groups in total.